The number of fused-ring (bicyclic) bond motifs is 1. The van der Waals surface area contributed by atoms with Gasteiger partial charge in [0.2, 0.25) is 0 Å². The summed E-state index contributed by atoms with van der Waals surface area (Å²) in [5.74, 6) is 0. The van der Waals surface area contributed by atoms with Crippen molar-refractivity contribution in [2.45, 2.75) is 20.0 Å². The molecule has 0 aliphatic carbocycles. The highest BCUT2D eigenvalue weighted by Gasteiger charge is 2.06. The van der Waals surface area contributed by atoms with Gasteiger partial charge in [-0.1, -0.05) is 12.1 Å². The number of rotatable bonds is 4. The second-order valence-corrected chi connectivity index (χ2v) is 4.55. The van der Waals surface area contributed by atoms with Gasteiger partial charge in [0.1, 0.15) is 6.29 Å². The zero-order valence-corrected chi connectivity index (χ0v) is 10.8. The predicted octanol–water partition coefficient (Wildman–Crippen LogP) is 2.72. The van der Waals surface area contributed by atoms with Crippen molar-refractivity contribution < 1.29 is 4.79 Å². The van der Waals surface area contributed by atoms with E-state index in [9.17, 15) is 4.79 Å². The van der Waals surface area contributed by atoms with Gasteiger partial charge in [0.15, 0.2) is 0 Å². The van der Waals surface area contributed by atoms with Crippen LogP contribution in [0.4, 0.5) is 0 Å². The van der Waals surface area contributed by atoms with Crippen LogP contribution in [0.3, 0.4) is 0 Å². The Kier molecular flexibility index (Phi) is 2.91. The number of imidazole rings is 1. The molecule has 2 aromatic heterocycles. The third-order valence-corrected chi connectivity index (χ3v) is 3.41. The average Bonchev–Trinajstić information content (AvgIpc) is 3.06. The number of aldehydes is 1. The van der Waals surface area contributed by atoms with E-state index >= 15 is 0 Å². The number of hydrogen-bond acceptors (Lipinski definition) is 2. The van der Waals surface area contributed by atoms with Crippen LogP contribution in [0.25, 0.3) is 10.9 Å². The maximum absolute atomic E-state index is 10.9. The molecule has 1 aromatic carbocycles. The second-order valence-electron chi connectivity index (χ2n) is 4.55. The van der Waals surface area contributed by atoms with Crippen LogP contribution in [0.1, 0.15) is 23.0 Å². The summed E-state index contributed by atoms with van der Waals surface area (Å²) in [4.78, 5) is 15.1. The number of hydrogen-bond donors (Lipinski definition) is 0. The fourth-order valence-electron chi connectivity index (χ4n) is 2.35. The normalized spacial score (nSPS) is 11.0. The van der Waals surface area contributed by atoms with Crippen molar-refractivity contribution >= 4 is 17.2 Å². The summed E-state index contributed by atoms with van der Waals surface area (Å²) >= 11 is 0. The van der Waals surface area contributed by atoms with Crippen LogP contribution in [-0.2, 0) is 13.1 Å². The van der Waals surface area contributed by atoms with E-state index in [0.717, 1.165) is 36.0 Å². The van der Waals surface area contributed by atoms with Gasteiger partial charge in [0.25, 0.3) is 0 Å². The van der Waals surface area contributed by atoms with Crippen molar-refractivity contribution in [1.82, 2.24) is 14.1 Å². The molecule has 3 rings (SSSR count). The topological polar surface area (TPSA) is 39.8 Å². The van der Waals surface area contributed by atoms with Gasteiger partial charge in [-0.15, -0.1) is 0 Å². The molecule has 0 saturated carbocycles. The van der Waals surface area contributed by atoms with E-state index in [1.807, 2.05) is 36.9 Å². The molecule has 0 radical (unpaired) electrons. The summed E-state index contributed by atoms with van der Waals surface area (Å²) in [6, 6.07) is 7.81. The number of carbonyl (C=O) groups excluding carboxylic acids is 1. The molecule has 0 atom stereocenters. The molecule has 0 unspecified atom stereocenters. The first kappa shape index (κ1) is 11.7. The zero-order chi connectivity index (χ0) is 13.2. The van der Waals surface area contributed by atoms with Crippen molar-refractivity contribution in [3.8, 4) is 0 Å². The standard InChI is InChI=1S/C15H15N3O/c1-2-17-11-16-8-14(17)9-18-6-5-13-4-3-12(10-19)7-15(13)18/h3-8,10-11H,2,9H2,1H3. The highest BCUT2D eigenvalue weighted by Crippen LogP contribution is 2.18. The number of carbonyl (C=O) groups is 1. The minimum atomic E-state index is 0.705. The third-order valence-electron chi connectivity index (χ3n) is 3.41. The van der Waals surface area contributed by atoms with Crippen molar-refractivity contribution in [2.24, 2.45) is 0 Å². The maximum Gasteiger partial charge on any atom is 0.150 e. The van der Waals surface area contributed by atoms with E-state index in [1.165, 1.54) is 0 Å². The van der Waals surface area contributed by atoms with E-state index in [4.69, 9.17) is 0 Å². The van der Waals surface area contributed by atoms with Crippen molar-refractivity contribution in [3.05, 3.63) is 54.2 Å². The van der Waals surface area contributed by atoms with Gasteiger partial charge < -0.3 is 9.13 Å². The highest BCUT2D eigenvalue weighted by atomic mass is 16.1. The Morgan fingerprint density at radius 3 is 2.95 bits per heavy atom. The Balaban J connectivity index is 2.03. The Morgan fingerprint density at radius 2 is 2.16 bits per heavy atom. The second kappa shape index (κ2) is 4.72. The Hall–Kier alpha value is -2.36. The molecular weight excluding hydrogens is 238 g/mol. The average molecular weight is 253 g/mol. The van der Waals surface area contributed by atoms with Crippen LogP contribution in [0.15, 0.2) is 43.0 Å². The lowest BCUT2D eigenvalue weighted by molar-refractivity contribution is 0.112. The minimum absolute atomic E-state index is 0.705. The molecule has 0 bridgehead atoms. The molecule has 19 heavy (non-hydrogen) atoms. The van der Waals surface area contributed by atoms with Gasteiger partial charge in [-0.05, 0) is 24.4 Å². The largest absolute Gasteiger partial charge is 0.341 e. The monoisotopic (exact) mass is 253 g/mol. The van der Waals surface area contributed by atoms with Gasteiger partial charge in [0, 0.05) is 30.0 Å². The van der Waals surface area contributed by atoms with Gasteiger partial charge in [-0.2, -0.15) is 0 Å². The Bertz CT molecular complexity index is 724. The van der Waals surface area contributed by atoms with Crippen molar-refractivity contribution in [3.63, 3.8) is 0 Å². The Morgan fingerprint density at radius 1 is 1.26 bits per heavy atom. The van der Waals surface area contributed by atoms with E-state index in [1.54, 1.807) is 0 Å². The Labute approximate surface area is 111 Å². The number of benzene rings is 1. The first-order chi connectivity index (χ1) is 9.31. The summed E-state index contributed by atoms with van der Waals surface area (Å²) < 4.78 is 4.26. The van der Waals surface area contributed by atoms with E-state index in [0.29, 0.717) is 5.56 Å². The summed E-state index contributed by atoms with van der Waals surface area (Å²) in [5.41, 5.74) is 2.95. The van der Waals surface area contributed by atoms with Crippen molar-refractivity contribution in [2.75, 3.05) is 0 Å². The van der Waals surface area contributed by atoms with Crippen LogP contribution in [-0.4, -0.2) is 20.4 Å². The SMILES string of the molecule is CCn1cncc1Cn1ccc2ccc(C=O)cc21. The van der Waals surface area contributed by atoms with Gasteiger partial charge in [-0.3, -0.25) is 4.79 Å². The number of aromatic nitrogens is 3. The lowest BCUT2D eigenvalue weighted by atomic mass is 10.2. The molecule has 0 aliphatic rings. The number of nitrogens with zero attached hydrogens (tertiary/aromatic N) is 3. The lowest BCUT2D eigenvalue weighted by Gasteiger charge is -2.08. The smallest absolute Gasteiger partial charge is 0.150 e. The van der Waals surface area contributed by atoms with Crippen LogP contribution in [0, 0.1) is 0 Å². The molecule has 0 N–H and O–H groups in total. The highest BCUT2D eigenvalue weighted by molar-refractivity contribution is 5.87. The van der Waals surface area contributed by atoms with Crippen LogP contribution < -0.4 is 0 Å². The molecule has 3 aromatic rings. The van der Waals surface area contributed by atoms with E-state index in [-0.39, 0.29) is 0 Å². The lowest BCUT2D eigenvalue weighted by Crippen LogP contribution is -2.05. The first-order valence-electron chi connectivity index (χ1n) is 6.35. The molecule has 2 heterocycles. The van der Waals surface area contributed by atoms with Crippen LogP contribution >= 0.6 is 0 Å². The van der Waals surface area contributed by atoms with Gasteiger partial charge >= 0.3 is 0 Å². The fraction of sp³-hybridized carbons (Fsp3) is 0.200. The summed E-state index contributed by atoms with van der Waals surface area (Å²) in [5, 5.41) is 1.15. The zero-order valence-electron chi connectivity index (χ0n) is 10.8. The third kappa shape index (κ3) is 2.05. The molecule has 4 heteroatoms. The van der Waals surface area contributed by atoms with Crippen molar-refractivity contribution in [1.29, 1.82) is 0 Å². The molecule has 0 fully saturated rings. The molecule has 0 amide bonds. The summed E-state index contributed by atoms with van der Waals surface area (Å²) in [6.45, 7) is 3.78. The molecule has 0 aliphatic heterocycles. The predicted molar refractivity (Wildman–Crippen MR) is 74.3 cm³/mol. The molecular formula is C15H15N3O. The van der Waals surface area contributed by atoms with Gasteiger partial charge in [-0.25, -0.2) is 4.98 Å². The van der Waals surface area contributed by atoms with E-state index in [2.05, 4.69) is 27.1 Å². The number of aryl methyl sites for hydroxylation is 1. The molecule has 4 nitrogen and oxygen atoms in total. The van der Waals surface area contributed by atoms with Crippen LogP contribution in [0.5, 0.6) is 0 Å². The fourth-order valence-corrected chi connectivity index (χ4v) is 2.35. The molecule has 0 spiro atoms. The summed E-state index contributed by atoms with van der Waals surface area (Å²) in [7, 11) is 0. The van der Waals surface area contributed by atoms with E-state index < -0.39 is 0 Å². The first-order valence-corrected chi connectivity index (χ1v) is 6.35. The molecule has 96 valence electrons. The maximum atomic E-state index is 10.9. The quantitative estimate of drug-likeness (QED) is 0.671. The summed E-state index contributed by atoms with van der Waals surface area (Å²) in [6.07, 6.45) is 6.66. The molecule has 0 saturated heterocycles. The van der Waals surface area contributed by atoms with Gasteiger partial charge in [0.05, 0.1) is 18.6 Å². The van der Waals surface area contributed by atoms with Crippen LogP contribution in [0.2, 0.25) is 0 Å². The minimum Gasteiger partial charge on any atom is -0.341 e.